The van der Waals surface area contributed by atoms with Crippen LogP contribution in [0.4, 0.5) is 0 Å². The second-order valence-corrected chi connectivity index (χ2v) is 8.55. The fourth-order valence-corrected chi connectivity index (χ4v) is 3.97. The zero-order valence-corrected chi connectivity index (χ0v) is 12.6. The monoisotopic (exact) mass is 237 g/mol. The summed E-state index contributed by atoms with van der Waals surface area (Å²) in [6.07, 6.45) is 5.83. The van der Waals surface area contributed by atoms with Gasteiger partial charge in [0.2, 0.25) is 0 Å². The smallest absolute Gasteiger partial charge is 0.0129 e. The second kappa shape index (κ2) is 4.26. The van der Waals surface area contributed by atoms with Gasteiger partial charge < -0.3 is 5.32 Å². The van der Waals surface area contributed by atoms with Crippen molar-refractivity contribution in [1.29, 1.82) is 0 Å². The lowest BCUT2D eigenvalue weighted by molar-refractivity contribution is 0.0953. The van der Waals surface area contributed by atoms with Gasteiger partial charge in [0.05, 0.1) is 0 Å². The number of hydrogen-bond donors (Lipinski definition) is 1. The Morgan fingerprint density at radius 1 is 0.824 bits per heavy atom. The fourth-order valence-electron chi connectivity index (χ4n) is 3.97. The van der Waals surface area contributed by atoms with Crippen LogP contribution in [-0.4, -0.2) is 11.6 Å². The molecule has 0 amide bonds. The van der Waals surface area contributed by atoms with Gasteiger partial charge in [-0.15, -0.1) is 0 Å². The third kappa shape index (κ3) is 3.05. The molecule has 100 valence electrons. The molecule has 0 aromatic carbocycles. The van der Waals surface area contributed by atoms with Gasteiger partial charge in [0.15, 0.2) is 0 Å². The van der Waals surface area contributed by atoms with Crippen molar-refractivity contribution >= 4 is 0 Å². The lowest BCUT2D eigenvalue weighted by Crippen LogP contribution is -2.51. The van der Waals surface area contributed by atoms with Crippen LogP contribution >= 0.6 is 0 Å². The van der Waals surface area contributed by atoms with Gasteiger partial charge in [-0.3, -0.25) is 0 Å². The summed E-state index contributed by atoms with van der Waals surface area (Å²) in [5, 5.41) is 3.89. The van der Waals surface area contributed by atoms with Crippen molar-refractivity contribution in [1.82, 2.24) is 5.32 Å². The largest absolute Gasteiger partial charge is 0.309 e. The summed E-state index contributed by atoms with van der Waals surface area (Å²) in [5.41, 5.74) is 0.785. The molecule has 2 rings (SSSR count). The minimum absolute atomic E-state index is 0.278. The second-order valence-electron chi connectivity index (χ2n) is 8.55. The zero-order chi connectivity index (χ0) is 12.8. The van der Waals surface area contributed by atoms with Gasteiger partial charge in [-0.2, -0.15) is 0 Å². The van der Waals surface area contributed by atoms with Crippen LogP contribution in [0.25, 0.3) is 0 Å². The third-order valence-electron chi connectivity index (χ3n) is 4.92. The standard InChI is InChI=1S/C16H31N/c1-15(2,3)13-9-11-7-8-12(10-13)14(11)17-16(4,5)6/h11-14,17H,7-10H2,1-6H3. The van der Waals surface area contributed by atoms with E-state index in [1.807, 2.05) is 0 Å². The molecule has 0 aromatic heterocycles. The van der Waals surface area contributed by atoms with E-state index in [-0.39, 0.29) is 5.54 Å². The van der Waals surface area contributed by atoms with Crippen LogP contribution in [0, 0.1) is 23.2 Å². The van der Waals surface area contributed by atoms with Crippen LogP contribution in [0.2, 0.25) is 0 Å². The molecule has 2 bridgehead atoms. The predicted octanol–water partition coefficient (Wildman–Crippen LogP) is 4.23. The molecular weight excluding hydrogens is 206 g/mol. The highest BCUT2D eigenvalue weighted by atomic mass is 15.0. The van der Waals surface area contributed by atoms with Crippen molar-refractivity contribution in [3.8, 4) is 0 Å². The quantitative estimate of drug-likeness (QED) is 0.720. The van der Waals surface area contributed by atoms with Gasteiger partial charge in [0.1, 0.15) is 0 Å². The molecule has 0 spiro atoms. The molecule has 2 atom stereocenters. The highest BCUT2D eigenvalue weighted by Gasteiger charge is 2.46. The Balaban J connectivity index is 2.03. The maximum atomic E-state index is 3.89. The first-order valence-electron chi connectivity index (χ1n) is 7.44. The average Bonchev–Trinajstić information content (AvgIpc) is 2.39. The molecule has 17 heavy (non-hydrogen) atoms. The van der Waals surface area contributed by atoms with Crippen molar-refractivity contribution in [2.45, 2.75) is 78.8 Å². The van der Waals surface area contributed by atoms with Gasteiger partial charge in [0, 0.05) is 11.6 Å². The summed E-state index contributed by atoms with van der Waals surface area (Å²) in [6, 6.07) is 0.800. The van der Waals surface area contributed by atoms with Crippen molar-refractivity contribution in [3.05, 3.63) is 0 Å². The zero-order valence-electron chi connectivity index (χ0n) is 12.6. The van der Waals surface area contributed by atoms with E-state index < -0.39 is 0 Å². The minimum Gasteiger partial charge on any atom is -0.309 e. The van der Waals surface area contributed by atoms with Crippen molar-refractivity contribution in [3.63, 3.8) is 0 Å². The summed E-state index contributed by atoms with van der Waals surface area (Å²) in [4.78, 5) is 0. The SMILES string of the molecule is CC(C)(C)NC1C2CCC1CC(C(C)(C)C)C2. The average molecular weight is 237 g/mol. The van der Waals surface area contributed by atoms with Crippen molar-refractivity contribution in [2.75, 3.05) is 0 Å². The Kier molecular flexibility index (Phi) is 3.36. The first-order chi connectivity index (χ1) is 7.67. The van der Waals surface area contributed by atoms with E-state index in [0.717, 1.165) is 23.8 Å². The van der Waals surface area contributed by atoms with E-state index in [0.29, 0.717) is 5.41 Å². The maximum absolute atomic E-state index is 3.89. The Labute approximate surface area is 108 Å². The molecule has 0 aliphatic heterocycles. The van der Waals surface area contributed by atoms with Gasteiger partial charge in [-0.05, 0) is 69.6 Å². The van der Waals surface area contributed by atoms with Gasteiger partial charge in [0.25, 0.3) is 0 Å². The minimum atomic E-state index is 0.278. The molecular formula is C16H31N. The summed E-state index contributed by atoms with van der Waals surface area (Å²) in [5.74, 6) is 2.83. The molecule has 0 heterocycles. The molecule has 0 radical (unpaired) electrons. The van der Waals surface area contributed by atoms with Crippen LogP contribution in [0.3, 0.4) is 0 Å². The first-order valence-corrected chi connectivity index (χ1v) is 7.44. The number of rotatable bonds is 1. The lowest BCUT2D eigenvalue weighted by Gasteiger charge is -2.44. The summed E-state index contributed by atoms with van der Waals surface area (Å²) in [6.45, 7) is 14.2. The van der Waals surface area contributed by atoms with Crippen molar-refractivity contribution < 1.29 is 0 Å². The highest BCUT2D eigenvalue weighted by Crippen LogP contribution is 2.50. The molecule has 2 aliphatic carbocycles. The molecule has 0 aromatic rings. The van der Waals surface area contributed by atoms with Gasteiger partial charge in [-0.25, -0.2) is 0 Å². The molecule has 1 heteroatoms. The van der Waals surface area contributed by atoms with E-state index in [1.165, 1.54) is 25.7 Å². The molecule has 0 saturated heterocycles. The van der Waals surface area contributed by atoms with E-state index in [2.05, 4.69) is 46.9 Å². The molecule has 2 fully saturated rings. The van der Waals surface area contributed by atoms with E-state index >= 15 is 0 Å². The number of hydrogen-bond acceptors (Lipinski definition) is 1. The lowest BCUT2D eigenvalue weighted by atomic mass is 9.67. The Hall–Kier alpha value is -0.0400. The summed E-state index contributed by atoms with van der Waals surface area (Å²) < 4.78 is 0. The van der Waals surface area contributed by atoms with Crippen molar-refractivity contribution in [2.24, 2.45) is 23.2 Å². The Morgan fingerprint density at radius 3 is 1.65 bits per heavy atom. The Morgan fingerprint density at radius 2 is 1.29 bits per heavy atom. The fraction of sp³-hybridized carbons (Fsp3) is 1.00. The molecule has 2 saturated carbocycles. The van der Waals surface area contributed by atoms with Gasteiger partial charge >= 0.3 is 0 Å². The first kappa shape index (κ1) is 13.4. The topological polar surface area (TPSA) is 12.0 Å². The number of nitrogens with one attached hydrogen (secondary N) is 1. The van der Waals surface area contributed by atoms with Crippen LogP contribution in [0.5, 0.6) is 0 Å². The van der Waals surface area contributed by atoms with E-state index in [1.54, 1.807) is 0 Å². The molecule has 1 N–H and O–H groups in total. The molecule has 2 aliphatic rings. The van der Waals surface area contributed by atoms with Crippen LogP contribution in [-0.2, 0) is 0 Å². The normalized spacial score (nSPS) is 38.5. The predicted molar refractivity (Wildman–Crippen MR) is 75.1 cm³/mol. The Bertz CT molecular complexity index is 254. The molecule has 2 unspecified atom stereocenters. The third-order valence-corrected chi connectivity index (χ3v) is 4.92. The maximum Gasteiger partial charge on any atom is 0.0129 e. The summed E-state index contributed by atoms with van der Waals surface area (Å²) >= 11 is 0. The van der Waals surface area contributed by atoms with Crippen LogP contribution in [0.15, 0.2) is 0 Å². The van der Waals surface area contributed by atoms with E-state index in [9.17, 15) is 0 Å². The summed E-state index contributed by atoms with van der Waals surface area (Å²) in [7, 11) is 0. The highest BCUT2D eigenvalue weighted by molar-refractivity contribution is 5.00. The van der Waals surface area contributed by atoms with Gasteiger partial charge in [-0.1, -0.05) is 20.8 Å². The molecule has 1 nitrogen and oxygen atoms in total. The van der Waals surface area contributed by atoms with E-state index in [4.69, 9.17) is 0 Å². The number of fused-ring (bicyclic) bond motifs is 2. The van der Waals surface area contributed by atoms with Crippen LogP contribution in [0.1, 0.15) is 67.2 Å². The van der Waals surface area contributed by atoms with Crippen LogP contribution < -0.4 is 5.32 Å².